The topological polar surface area (TPSA) is 56.0 Å². The SMILES string of the molecule is CC(C)n1cc(C(=O)N(C)Cc2nccn2C)cn1. The number of amides is 1. The lowest BCUT2D eigenvalue weighted by atomic mass is 10.3. The number of hydrogen-bond acceptors (Lipinski definition) is 3. The molecule has 0 radical (unpaired) electrons. The Bertz CT molecular complexity index is 569. The Labute approximate surface area is 112 Å². The van der Waals surface area contributed by atoms with Crippen molar-refractivity contribution in [3.8, 4) is 0 Å². The molecule has 0 atom stereocenters. The number of hydrogen-bond donors (Lipinski definition) is 0. The fraction of sp³-hybridized carbons (Fsp3) is 0.462. The number of carbonyl (C=O) groups is 1. The van der Waals surface area contributed by atoms with E-state index in [1.165, 1.54) is 0 Å². The van der Waals surface area contributed by atoms with Gasteiger partial charge in [0.2, 0.25) is 0 Å². The molecule has 0 saturated carbocycles. The molecule has 0 fully saturated rings. The molecule has 2 rings (SSSR count). The maximum atomic E-state index is 12.3. The second kappa shape index (κ2) is 5.26. The van der Waals surface area contributed by atoms with Gasteiger partial charge in [-0.1, -0.05) is 0 Å². The molecule has 6 nitrogen and oxygen atoms in total. The first kappa shape index (κ1) is 13.3. The molecule has 1 amide bonds. The smallest absolute Gasteiger partial charge is 0.257 e. The quantitative estimate of drug-likeness (QED) is 0.837. The largest absolute Gasteiger partial charge is 0.337 e. The predicted octanol–water partition coefficient (Wildman–Crippen LogP) is 1.47. The summed E-state index contributed by atoms with van der Waals surface area (Å²) in [5.41, 5.74) is 0.602. The molecule has 6 heteroatoms. The molecular formula is C13H19N5O. The molecule has 0 aliphatic heterocycles. The predicted molar refractivity (Wildman–Crippen MR) is 71.6 cm³/mol. The van der Waals surface area contributed by atoms with Crippen LogP contribution in [0.2, 0.25) is 0 Å². The number of imidazole rings is 1. The highest BCUT2D eigenvalue weighted by Gasteiger charge is 2.16. The zero-order valence-electron chi connectivity index (χ0n) is 11.7. The Morgan fingerprint density at radius 3 is 2.74 bits per heavy atom. The third-order valence-electron chi connectivity index (χ3n) is 3.02. The van der Waals surface area contributed by atoms with Crippen LogP contribution in [-0.2, 0) is 13.6 Å². The number of carbonyl (C=O) groups excluding carboxylic acids is 1. The highest BCUT2D eigenvalue weighted by Crippen LogP contribution is 2.09. The summed E-state index contributed by atoms with van der Waals surface area (Å²) >= 11 is 0. The van der Waals surface area contributed by atoms with Gasteiger partial charge in [-0.15, -0.1) is 0 Å². The third-order valence-corrected chi connectivity index (χ3v) is 3.02. The van der Waals surface area contributed by atoms with E-state index in [0.717, 1.165) is 5.82 Å². The van der Waals surface area contributed by atoms with Crippen LogP contribution in [0.15, 0.2) is 24.8 Å². The van der Waals surface area contributed by atoms with Gasteiger partial charge in [-0.2, -0.15) is 5.10 Å². The number of aromatic nitrogens is 4. The fourth-order valence-electron chi connectivity index (χ4n) is 1.78. The van der Waals surface area contributed by atoms with Gasteiger partial charge in [-0.25, -0.2) is 4.98 Å². The summed E-state index contributed by atoms with van der Waals surface area (Å²) in [6, 6.07) is 0.251. The van der Waals surface area contributed by atoms with E-state index in [2.05, 4.69) is 10.1 Å². The Hall–Kier alpha value is -2.11. The second-order valence-electron chi connectivity index (χ2n) is 4.92. The molecule has 2 aromatic rings. The van der Waals surface area contributed by atoms with E-state index in [9.17, 15) is 4.79 Å². The van der Waals surface area contributed by atoms with E-state index >= 15 is 0 Å². The van der Waals surface area contributed by atoms with E-state index in [4.69, 9.17) is 0 Å². The van der Waals surface area contributed by atoms with Crippen LogP contribution in [0.3, 0.4) is 0 Å². The van der Waals surface area contributed by atoms with Gasteiger partial charge < -0.3 is 9.47 Å². The average molecular weight is 261 g/mol. The van der Waals surface area contributed by atoms with Gasteiger partial charge in [-0.05, 0) is 13.8 Å². The number of aryl methyl sites for hydroxylation is 1. The summed E-state index contributed by atoms with van der Waals surface area (Å²) in [6.45, 7) is 4.53. The van der Waals surface area contributed by atoms with Gasteiger partial charge in [0, 0.05) is 38.7 Å². The summed E-state index contributed by atoms with van der Waals surface area (Å²) in [6.07, 6.45) is 6.98. The van der Waals surface area contributed by atoms with Crippen molar-refractivity contribution in [1.82, 2.24) is 24.2 Å². The first-order valence-electron chi connectivity index (χ1n) is 6.25. The Kier molecular flexibility index (Phi) is 3.69. The molecule has 0 bridgehead atoms. The number of nitrogens with zero attached hydrogens (tertiary/aromatic N) is 5. The van der Waals surface area contributed by atoms with Crippen LogP contribution in [0.25, 0.3) is 0 Å². The van der Waals surface area contributed by atoms with Crippen LogP contribution in [0.1, 0.15) is 36.1 Å². The summed E-state index contributed by atoms with van der Waals surface area (Å²) in [4.78, 5) is 18.1. The molecule has 0 aliphatic rings. The summed E-state index contributed by atoms with van der Waals surface area (Å²) in [7, 11) is 3.68. The van der Waals surface area contributed by atoms with Gasteiger partial charge in [0.05, 0.1) is 18.3 Å². The van der Waals surface area contributed by atoms with Crippen LogP contribution in [0, 0.1) is 0 Å². The van der Waals surface area contributed by atoms with Crippen LogP contribution in [0.4, 0.5) is 0 Å². The van der Waals surface area contributed by atoms with Crippen LogP contribution >= 0.6 is 0 Å². The monoisotopic (exact) mass is 261 g/mol. The molecule has 0 spiro atoms. The Morgan fingerprint density at radius 1 is 1.47 bits per heavy atom. The van der Waals surface area contributed by atoms with Gasteiger partial charge in [0.1, 0.15) is 5.82 Å². The molecule has 2 aromatic heterocycles. The van der Waals surface area contributed by atoms with Crippen molar-refractivity contribution >= 4 is 5.91 Å². The van der Waals surface area contributed by atoms with Crippen LogP contribution in [-0.4, -0.2) is 37.2 Å². The van der Waals surface area contributed by atoms with Crippen molar-refractivity contribution in [1.29, 1.82) is 0 Å². The lowest BCUT2D eigenvalue weighted by Gasteiger charge is -2.15. The minimum absolute atomic E-state index is 0.0464. The van der Waals surface area contributed by atoms with Crippen molar-refractivity contribution in [3.05, 3.63) is 36.2 Å². The van der Waals surface area contributed by atoms with Gasteiger partial charge in [0.25, 0.3) is 5.91 Å². The highest BCUT2D eigenvalue weighted by molar-refractivity contribution is 5.93. The van der Waals surface area contributed by atoms with Crippen LogP contribution < -0.4 is 0 Å². The van der Waals surface area contributed by atoms with Crippen molar-refractivity contribution in [2.45, 2.75) is 26.4 Å². The zero-order valence-corrected chi connectivity index (χ0v) is 11.7. The first-order chi connectivity index (χ1) is 8.99. The van der Waals surface area contributed by atoms with E-state index in [1.54, 1.807) is 35.2 Å². The molecular weight excluding hydrogens is 242 g/mol. The van der Waals surface area contributed by atoms with Gasteiger partial charge in [0.15, 0.2) is 0 Å². The van der Waals surface area contributed by atoms with Crippen molar-refractivity contribution in [2.24, 2.45) is 7.05 Å². The molecule has 0 N–H and O–H groups in total. The highest BCUT2D eigenvalue weighted by atomic mass is 16.2. The van der Waals surface area contributed by atoms with E-state index in [-0.39, 0.29) is 11.9 Å². The molecule has 102 valence electrons. The maximum absolute atomic E-state index is 12.3. The van der Waals surface area contributed by atoms with Crippen molar-refractivity contribution in [3.63, 3.8) is 0 Å². The fourth-order valence-corrected chi connectivity index (χ4v) is 1.78. The van der Waals surface area contributed by atoms with Gasteiger partial charge >= 0.3 is 0 Å². The minimum Gasteiger partial charge on any atom is -0.337 e. The molecule has 0 aromatic carbocycles. The second-order valence-corrected chi connectivity index (χ2v) is 4.92. The lowest BCUT2D eigenvalue weighted by Crippen LogP contribution is -2.27. The molecule has 2 heterocycles. The zero-order chi connectivity index (χ0) is 14.0. The molecule has 0 aliphatic carbocycles. The third kappa shape index (κ3) is 2.83. The summed E-state index contributed by atoms with van der Waals surface area (Å²) in [5.74, 6) is 0.807. The lowest BCUT2D eigenvalue weighted by molar-refractivity contribution is 0.0780. The summed E-state index contributed by atoms with van der Waals surface area (Å²) < 4.78 is 3.68. The van der Waals surface area contributed by atoms with Crippen molar-refractivity contribution in [2.75, 3.05) is 7.05 Å². The molecule has 0 unspecified atom stereocenters. The van der Waals surface area contributed by atoms with Gasteiger partial charge in [-0.3, -0.25) is 9.48 Å². The van der Waals surface area contributed by atoms with Crippen LogP contribution in [0.5, 0.6) is 0 Å². The minimum atomic E-state index is -0.0464. The Balaban J connectivity index is 2.08. The van der Waals surface area contributed by atoms with E-state index < -0.39 is 0 Å². The van der Waals surface area contributed by atoms with E-state index in [0.29, 0.717) is 12.1 Å². The van der Waals surface area contributed by atoms with Crippen molar-refractivity contribution < 1.29 is 4.79 Å². The standard InChI is InChI=1S/C13H19N5O/c1-10(2)18-8-11(7-15-18)13(19)17(4)9-12-14-5-6-16(12)3/h5-8,10H,9H2,1-4H3. The number of rotatable bonds is 4. The molecule has 19 heavy (non-hydrogen) atoms. The normalized spacial score (nSPS) is 11.0. The average Bonchev–Trinajstić information content (AvgIpc) is 2.98. The maximum Gasteiger partial charge on any atom is 0.257 e. The van der Waals surface area contributed by atoms with E-state index in [1.807, 2.05) is 31.7 Å². The summed E-state index contributed by atoms with van der Waals surface area (Å²) in [5, 5.41) is 4.18. The molecule has 0 saturated heterocycles. The first-order valence-corrected chi connectivity index (χ1v) is 6.25. The Morgan fingerprint density at radius 2 is 2.21 bits per heavy atom.